The summed E-state index contributed by atoms with van der Waals surface area (Å²) in [5, 5.41) is 5.59. The summed E-state index contributed by atoms with van der Waals surface area (Å²) < 4.78 is 6.06. The fourth-order valence-corrected chi connectivity index (χ4v) is 4.60. The summed E-state index contributed by atoms with van der Waals surface area (Å²) in [6.07, 6.45) is 0.364. The predicted octanol–water partition coefficient (Wildman–Crippen LogP) is 6.43. The van der Waals surface area contributed by atoms with Gasteiger partial charge in [0.1, 0.15) is 11.8 Å². The molecule has 5 nitrogen and oxygen atoms in total. The maximum absolute atomic E-state index is 13.8. The Morgan fingerprint density at radius 1 is 0.868 bits per heavy atom. The lowest BCUT2D eigenvalue weighted by Crippen LogP contribution is -2.55. The number of hydrogen-bond acceptors (Lipinski definition) is 3. The second-order valence-corrected chi connectivity index (χ2v) is 10.8. The van der Waals surface area contributed by atoms with Crippen molar-refractivity contribution < 1.29 is 14.3 Å². The number of amides is 2. The number of carbonyl (C=O) groups excluding carboxylic acids is 2. The van der Waals surface area contributed by atoms with Crippen LogP contribution in [0.5, 0.6) is 5.75 Å². The largest absolute Gasteiger partial charge is 0.483 e. The molecule has 1 atom stereocenters. The molecule has 0 heterocycles. The Labute approximate surface area is 229 Å². The average Bonchev–Trinajstić information content (AvgIpc) is 2.89. The molecule has 0 fully saturated rings. The van der Waals surface area contributed by atoms with Gasteiger partial charge in [0.25, 0.3) is 5.91 Å². The van der Waals surface area contributed by atoms with Crippen LogP contribution in [0.15, 0.2) is 97.1 Å². The van der Waals surface area contributed by atoms with E-state index in [0.717, 1.165) is 21.9 Å². The minimum atomic E-state index is -0.751. The molecule has 2 amide bonds. The van der Waals surface area contributed by atoms with Gasteiger partial charge >= 0.3 is 0 Å². The first-order valence-electron chi connectivity index (χ1n) is 12.7. The highest BCUT2D eigenvalue weighted by atomic mass is 35.5. The van der Waals surface area contributed by atoms with Gasteiger partial charge in [-0.05, 0) is 55.5 Å². The Balaban J connectivity index is 1.66. The molecule has 38 heavy (non-hydrogen) atoms. The van der Waals surface area contributed by atoms with Gasteiger partial charge in [-0.2, -0.15) is 0 Å². The number of rotatable bonds is 9. The molecular formula is C32H33ClN2O3. The first-order valence-corrected chi connectivity index (χ1v) is 13.1. The van der Waals surface area contributed by atoms with Crippen LogP contribution in [0.4, 0.5) is 0 Å². The van der Waals surface area contributed by atoms with Gasteiger partial charge in [-0.25, -0.2) is 0 Å². The minimum absolute atomic E-state index is 0.206. The zero-order valence-corrected chi connectivity index (χ0v) is 22.7. The van der Waals surface area contributed by atoms with Crippen LogP contribution in [0.2, 0.25) is 5.02 Å². The third-order valence-electron chi connectivity index (χ3n) is 6.11. The molecule has 4 aromatic carbocycles. The van der Waals surface area contributed by atoms with Crippen molar-refractivity contribution >= 4 is 34.2 Å². The summed E-state index contributed by atoms with van der Waals surface area (Å²) in [5.74, 6) is 0.114. The van der Waals surface area contributed by atoms with Crippen molar-refractivity contribution in [1.29, 1.82) is 0 Å². The van der Waals surface area contributed by atoms with Crippen LogP contribution < -0.4 is 10.1 Å². The van der Waals surface area contributed by atoms with Crippen molar-refractivity contribution in [3.05, 3.63) is 113 Å². The molecule has 0 radical (unpaired) electrons. The summed E-state index contributed by atoms with van der Waals surface area (Å²) in [5.41, 5.74) is 1.33. The molecular weight excluding hydrogens is 496 g/mol. The smallest absolute Gasteiger partial charge is 0.261 e. The molecule has 0 bridgehead atoms. The molecule has 0 saturated heterocycles. The van der Waals surface area contributed by atoms with Crippen LogP contribution in [-0.2, 0) is 22.6 Å². The molecule has 0 saturated carbocycles. The van der Waals surface area contributed by atoms with E-state index in [-0.39, 0.29) is 25.0 Å². The van der Waals surface area contributed by atoms with E-state index in [9.17, 15) is 9.59 Å². The molecule has 196 valence electrons. The summed E-state index contributed by atoms with van der Waals surface area (Å²) in [6.45, 7) is 5.79. The van der Waals surface area contributed by atoms with Crippen LogP contribution in [0, 0.1) is 0 Å². The summed E-state index contributed by atoms with van der Waals surface area (Å²) in [4.78, 5) is 29.1. The third-order valence-corrected chi connectivity index (χ3v) is 6.35. The highest BCUT2D eigenvalue weighted by molar-refractivity contribution is 6.30. The van der Waals surface area contributed by atoms with E-state index < -0.39 is 11.6 Å². The topological polar surface area (TPSA) is 58.6 Å². The lowest BCUT2D eigenvalue weighted by molar-refractivity contribution is -0.143. The van der Waals surface area contributed by atoms with Gasteiger partial charge in [0, 0.05) is 28.9 Å². The standard InChI is InChI=1S/C32H33ClN2O3/c1-32(2,3)34-31(37)28(20-23-11-5-4-6-12-23)35(21-24-13-9-16-26(33)19-24)30(36)22-38-29-18-10-15-25-14-7-8-17-27(25)29/h4-19,28H,20-22H2,1-3H3,(H,34,37). The molecule has 6 heteroatoms. The number of benzene rings is 4. The SMILES string of the molecule is CC(C)(C)NC(=O)C(Cc1ccccc1)N(Cc1cccc(Cl)c1)C(=O)COc1cccc2ccccc12. The number of halogens is 1. The molecule has 0 aliphatic rings. The van der Waals surface area contributed by atoms with Crippen LogP contribution >= 0.6 is 11.6 Å². The normalized spacial score (nSPS) is 12.1. The lowest BCUT2D eigenvalue weighted by atomic mass is 10.0. The molecule has 4 rings (SSSR count). The second kappa shape index (κ2) is 12.1. The summed E-state index contributed by atoms with van der Waals surface area (Å²) in [6, 6.07) is 29.9. The van der Waals surface area contributed by atoms with Gasteiger partial charge < -0.3 is 15.0 Å². The van der Waals surface area contributed by atoms with Gasteiger partial charge in [0.05, 0.1) is 0 Å². The van der Waals surface area contributed by atoms with E-state index in [2.05, 4.69) is 5.32 Å². The molecule has 1 N–H and O–H groups in total. The number of ether oxygens (including phenoxy) is 1. The van der Waals surface area contributed by atoms with Crippen molar-refractivity contribution in [2.75, 3.05) is 6.61 Å². The fourth-order valence-electron chi connectivity index (χ4n) is 4.38. The molecule has 4 aromatic rings. The van der Waals surface area contributed by atoms with E-state index in [4.69, 9.17) is 16.3 Å². The van der Waals surface area contributed by atoms with Gasteiger partial charge in [0.2, 0.25) is 5.91 Å². The van der Waals surface area contributed by atoms with E-state index in [1.165, 1.54) is 0 Å². The molecule has 1 unspecified atom stereocenters. The quantitative estimate of drug-likeness (QED) is 0.272. The van der Waals surface area contributed by atoms with E-state index >= 15 is 0 Å². The maximum atomic E-state index is 13.8. The number of nitrogens with zero attached hydrogens (tertiary/aromatic N) is 1. The van der Waals surface area contributed by atoms with Gasteiger partial charge in [-0.3, -0.25) is 9.59 Å². The van der Waals surface area contributed by atoms with Crippen LogP contribution in [0.25, 0.3) is 10.8 Å². The Hall–Kier alpha value is -3.83. The van der Waals surface area contributed by atoms with E-state index in [1.54, 1.807) is 11.0 Å². The van der Waals surface area contributed by atoms with E-state index in [0.29, 0.717) is 17.2 Å². The fraction of sp³-hybridized carbons (Fsp3) is 0.250. The zero-order chi connectivity index (χ0) is 27.1. The van der Waals surface area contributed by atoms with Gasteiger partial charge in [-0.15, -0.1) is 0 Å². The van der Waals surface area contributed by atoms with Gasteiger partial charge in [-0.1, -0.05) is 90.5 Å². The molecule has 0 aliphatic carbocycles. The predicted molar refractivity (Wildman–Crippen MR) is 153 cm³/mol. The van der Waals surface area contributed by atoms with Crippen molar-refractivity contribution in [2.45, 2.75) is 45.3 Å². The van der Waals surface area contributed by atoms with Crippen molar-refractivity contribution in [2.24, 2.45) is 0 Å². The number of nitrogens with one attached hydrogen (secondary N) is 1. The summed E-state index contributed by atoms with van der Waals surface area (Å²) in [7, 11) is 0. The third kappa shape index (κ3) is 7.36. The first-order chi connectivity index (χ1) is 18.2. The monoisotopic (exact) mass is 528 g/mol. The maximum Gasteiger partial charge on any atom is 0.261 e. The van der Waals surface area contributed by atoms with Crippen molar-refractivity contribution in [3.8, 4) is 5.75 Å². The Morgan fingerprint density at radius 3 is 2.26 bits per heavy atom. The van der Waals surface area contributed by atoms with Crippen LogP contribution in [-0.4, -0.2) is 34.9 Å². The van der Waals surface area contributed by atoms with Crippen molar-refractivity contribution in [1.82, 2.24) is 10.2 Å². The Kier molecular flexibility index (Phi) is 8.70. The molecule has 0 spiro atoms. The number of hydrogen-bond donors (Lipinski definition) is 1. The average molecular weight is 529 g/mol. The first kappa shape index (κ1) is 27.2. The van der Waals surface area contributed by atoms with Crippen LogP contribution in [0.1, 0.15) is 31.9 Å². The van der Waals surface area contributed by atoms with Gasteiger partial charge in [0.15, 0.2) is 6.61 Å². The van der Waals surface area contributed by atoms with Crippen molar-refractivity contribution in [3.63, 3.8) is 0 Å². The highest BCUT2D eigenvalue weighted by Crippen LogP contribution is 2.25. The zero-order valence-electron chi connectivity index (χ0n) is 22.0. The second-order valence-electron chi connectivity index (χ2n) is 10.4. The number of fused-ring (bicyclic) bond motifs is 1. The Bertz CT molecular complexity index is 1390. The lowest BCUT2D eigenvalue weighted by Gasteiger charge is -2.33. The highest BCUT2D eigenvalue weighted by Gasteiger charge is 2.32. The molecule has 0 aromatic heterocycles. The molecule has 0 aliphatic heterocycles. The van der Waals surface area contributed by atoms with Crippen LogP contribution in [0.3, 0.4) is 0 Å². The minimum Gasteiger partial charge on any atom is -0.483 e. The Morgan fingerprint density at radius 2 is 1.53 bits per heavy atom. The van der Waals surface area contributed by atoms with E-state index in [1.807, 2.05) is 112 Å². The number of carbonyl (C=O) groups is 2. The summed E-state index contributed by atoms with van der Waals surface area (Å²) >= 11 is 6.26.